The first-order valence-electron chi connectivity index (χ1n) is 6.90. The van der Waals surface area contributed by atoms with Gasteiger partial charge in [0.25, 0.3) is 0 Å². The number of hydrogen-bond donors (Lipinski definition) is 0. The Bertz CT molecular complexity index is 392. The van der Waals surface area contributed by atoms with Crippen molar-refractivity contribution in [1.29, 1.82) is 10.5 Å². The van der Waals surface area contributed by atoms with Crippen LogP contribution in [0.1, 0.15) is 25.7 Å². The van der Waals surface area contributed by atoms with Crippen molar-refractivity contribution in [3.63, 3.8) is 0 Å². The van der Waals surface area contributed by atoms with Crippen molar-refractivity contribution in [2.24, 2.45) is 5.92 Å². The first kappa shape index (κ1) is 16.1. The van der Waals surface area contributed by atoms with Gasteiger partial charge in [-0.1, -0.05) is 0 Å². The number of nitrogens with zero attached hydrogens (tertiary/aromatic N) is 4. The third kappa shape index (κ3) is 5.38. The summed E-state index contributed by atoms with van der Waals surface area (Å²) in [7, 11) is 0. The van der Waals surface area contributed by atoms with Crippen LogP contribution in [0.15, 0.2) is 0 Å². The molecular formula is C14H20N4O2. The van der Waals surface area contributed by atoms with E-state index in [4.69, 9.17) is 10.5 Å². The van der Waals surface area contributed by atoms with Gasteiger partial charge < -0.3 is 9.69 Å². The van der Waals surface area contributed by atoms with E-state index in [1.54, 1.807) is 4.90 Å². The molecule has 0 aromatic heterocycles. The van der Waals surface area contributed by atoms with Crippen molar-refractivity contribution >= 4 is 12.2 Å². The van der Waals surface area contributed by atoms with Crippen molar-refractivity contribution < 1.29 is 9.59 Å². The van der Waals surface area contributed by atoms with Gasteiger partial charge in [0.15, 0.2) is 0 Å². The number of amides is 1. The summed E-state index contributed by atoms with van der Waals surface area (Å²) in [5.74, 6) is -0.0507. The highest BCUT2D eigenvalue weighted by molar-refractivity contribution is 5.78. The van der Waals surface area contributed by atoms with Gasteiger partial charge in [0.1, 0.15) is 6.29 Å². The van der Waals surface area contributed by atoms with Gasteiger partial charge in [-0.15, -0.1) is 0 Å². The van der Waals surface area contributed by atoms with Crippen molar-refractivity contribution in [2.45, 2.75) is 25.7 Å². The molecule has 1 atom stereocenters. The zero-order valence-corrected chi connectivity index (χ0v) is 11.6. The minimum atomic E-state index is -0.0675. The molecule has 20 heavy (non-hydrogen) atoms. The molecule has 1 aliphatic heterocycles. The van der Waals surface area contributed by atoms with Gasteiger partial charge in [-0.05, 0) is 19.4 Å². The van der Waals surface area contributed by atoms with E-state index in [9.17, 15) is 9.59 Å². The minimum absolute atomic E-state index is 0.0169. The number of hydrogen-bond acceptors (Lipinski definition) is 5. The normalized spacial score (nSPS) is 18.8. The van der Waals surface area contributed by atoms with Crippen LogP contribution in [0.3, 0.4) is 0 Å². The van der Waals surface area contributed by atoms with Crippen molar-refractivity contribution in [1.82, 2.24) is 9.80 Å². The van der Waals surface area contributed by atoms with Crippen molar-refractivity contribution in [2.75, 3.05) is 32.7 Å². The van der Waals surface area contributed by atoms with Gasteiger partial charge in [0, 0.05) is 25.6 Å². The van der Waals surface area contributed by atoms with E-state index in [2.05, 4.69) is 0 Å². The van der Waals surface area contributed by atoms with Crippen molar-refractivity contribution in [3.8, 4) is 12.1 Å². The Kier molecular flexibility index (Phi) is 7.31. The van der Waals surface area contributed by atoms with Gasteiger partial charge in [0.05, 0.1) is 31.5 Å². The average molecular weight is 276 g/mol. The molecule has 1 saturated heterocycles. The van der Waals surface area contributed by atoms with Gasteiger partial charge in [-0.2, -0.15) is 10.5 Å². The predicted molar refractivity (Wildman–Crippen MR) is 72.3 cm³/mol. The number of aldehydes is 1. The molecule has 1 amide bonds. The Balaban J connectivity index is 2.49. The number of rotatable bonds is 7. The zero-order chi connectivity index (χ0) is 14.8. The summed E-state index contributed by atoms with van der Waals surface area (Å²) in [6.07, 6.45) is 3.32. The lowest BCUT2D eigenvalue weighted by Gasteiger charge is -2.31. The molecule has 0 spiro atoms. The second kappa shape index (κ2) is 9.06. The quantitative estimate of drug-likeness (QED) is 0.634. The van der Waals surface area contributed by atoms with Crippen LogP contribution in [-0.4, -0.2) is 54.7 Å². The standard InChI is InChI=1S/C14H20N4O2/c15-5-2-8-18(9-3-6-16)14(20)11-17-7-1-4-13(10-17)12-19/h12-13H,1-4,7-11H2. The zero-order valence-electron chi connectivity index (χ0n) is 11.6. The molecule has 0 bridgehead atoms. The fraction of sp³-hybridized carbons (Fsp3) is 0.714. The van der Waals surface area contributed by atoms with E-state index >= 15 is 0 Å². The SMILES string of the molecule is N#CCCN(CCC#N)C(=O)CN1CCCC(C=O)C1. The van der Waals surface area contributed by atoms with Gasteiger partial charge in [-0.25, -0.2) is 0 Å². The first-order valence-corrected chi connectivity index (χ1v) is 6.90. The van der Waals surface area contributed by atoms with Crippen LogP contribution in [0.5, 0.6) is 0 Å². The van der Waals surface area contributed by atoms with Gasteiger partial charge in [-0.3, -0.25) is 9.69 Å². The summed E-state index contributed by atoms with van der Waals surface area (Å²) < 4.78 is 0. The number of likely N-dealkylation sites (tertiary alicyclic amines) is 1. The smallest absolute Gasteiger partial charge is 0.236 e. The molecule has 0 aromatic rings. The highest BCUT2D eigenvalue weighted by Crippen LogP contribution is 2.14. The third-order valence-electron chi connectivity index (χ3n) is 3.43. The second-order valence-electron chi connectivity index (χ2n) is 4.97. The molecular weight excluding hydrogens is 256 g/mol. The monoisotopic (exact) mass is 276 g/mol. The number of nitriles is 2. The van der Waals surface area contributed by atoms with Crippen LogP contribution in [0.2, 0.25) is 0 Å². The minimum Gasteiger partial charge on any atom is -0.340 e. The summed E-state index contributed by atoms with van der Waals surface area (Å²) in [6, 6.07) is 4.03. The molecule has 1 aliphatic rings. The van der Waals surface area contributed by atoms with E-state index < -0.39 is 0 Å². The van der Waals surface area contributed by atoms with Crippen LogP contribution in [0.25, 0.3) is 0 Å². The fourth-order valence-electron chi connectivity index (χ4n) is 2.37. The van der Waals surface area contributed by atoms with Gasteiger partial charge >= 0.3 is 0 Å². The molecule has 1 heterocycles. The lowest BCUT2D eigenvalue weighted by atomic mass is 10.00. The topological polar surface area (TPSA) is 88.2 Å². The van der Waals surface area contributed by atoms with E-state index in [1.165, 1.54) is 0 Å². The van der Waals surface area contributed by atoms with E-state index in [-0.39, 0.29) is 31.2 Å². The molecule has 0 aromatic carbocycles. The first-order chi connectivity index (χ1) is 9.71. The lowest BCUT2D eigenvalue weighted by molar-refractivity contribution is -0.133. The number of piperidine rings is 1. The highest BCUT2D eigenvalue weighted by Gasteiger charge is 2.23. The number of carbonyl (C=O) groups is 2. The largest absolute Gasteiger partial charge is 0.340 e. The maximum atomic E-state index is 12.2. The Morgan fingerprint density at radius 3 is 2.50 bits per heavy atom. The van der Waals surface area contributed by atoms with Crippen LogP contribution < -0.4 is 0 Å². The summed E-state index contributed by atoms with van der Waals surface area (Å²) >= 11 is 0. The van der Waals surface area contributed by atoms with Crippen LogP contribution in [-0.2, 0) is 9.59 Å². The maximum Gasteiger partial charge on any atom is 0.236 e. The Hall–Kier alpha value is -1.92. The van der Waals surface area contributed by atoms with Crippen LogP contribution >= 0.6 is 0 Å². The molecule has 1 fully saturated rings. The molecule has 0 saturated carbocycles. The molecule has 1 unspecified atom stereocenters. The molecule has 0 aliphatic carbocycles. The van der Waals surface area contributed by atoms with Gasteiger partial charge in [0.2, 0.25) is 5.91 Å². The molecule has 0 radical (unpaired) electrons. The predicted octanol–water partition coefficient (Wildman–Crippen LogP) is 0.553. The Labute approximate surface area is 119 Å². The molecule has 0 N–H and O–H groups in total. The maximum absolute atomic E-state index is 12.2. The van der Waals surface area contributed by atoms with Crippen LogP contribution in [0, 0.1) is 28.6 Å². The summed E-state index contributed by atoms with van der Waals surface area (Å²) in [4.78, 5) is 26.6. The van der Waals surface area contributed by atoms with E-state index in [0.29, 0.717) is 19.6 Å². The molecule has 6 heteroatoms. The molecule has 1 rings (SSSR count). The third-order valence-corrected chi connectivity index (χ3v) is 3.43. The highest BCUT2D eigenvalue weighted by atomic mass is 16.2. The Morgan fingerprint density at radius 1 is 1.30 bits per heavy atom. The summed E-state index contributed by atoms with van der Waals surface area (Å²) in [5, 5.41) is 17.2. The van der Waals surface area contributed by atoms with E-state index in [1.807, 2.05) is 17.0 Å². The Morgan fingerprint density at radius 2 is 1.95 bits per heavy atom. The molecule has 108 valence electrons. The fourth-order valence-corrected chi connectivity index (χ4v) is 2.37. The number of carbonyl (C=O) groups excluding carboxylic acids is 2. The van der Waals surface area contributed by atoms with E-state index in [0.717, 1.165) is 25.7 Å². The summed E-state index contributed by atoms with van der Waals surface area (Å²) in [6.45, 7) is 2.44. The van der Waals surface area contributed by atoms with Crippen molar-refractivity contribution in [3.05, 3.63) is 0 Å². The average Bonchev–Trinajstić information content (AvgIpc) is 2.47. The van der Waals surface area contributed by atoms with Crippen LogP contribution in [0.4, 0.5) is 0 Å². The molecule has 6 nitrogen and oxygen atoms in total. The summed E-state index contributed by atoms with van der Waals surface area (Å²) in [5.41, 5.74) is 0. The second-order valence-corrected chi connectivity index (χ2v) is 4.97. The lowest BCUT2D eigenvalue weighted by Crippen LogP contribution is -2.45.